The summed E-state index contributed by atoms with van der Waals surface area (Å²) in [6, 6.07) is 7.05. The normalized spacial score (nSPS) is 23.0. The average Bonchev–Trinajstić information content (AvgIpc) is 3.41. The first kappa shape index (κ1) is 25.2. The van der Waals surface area contributed by atoms with Crippen LogP contribution in [0.2, 0.25) is 0 Å². The van der Waals surface area contributed by atoms with Gasteiger partial charge in [0.1, 0.15) is 5.82 Å². The van der Waals surface area contributed by atoms with E-state index in [4.69, 9.17) is 0 Å². The van der Waals surface area contributed by atoms with Crippen molar-refractivity contribution in [2.75, 3.05) is 32.7 Å². The summed E-state index contributed by atoms with van der Waals surface area (Å²) >= 11 is 0. The Morgan fingerprint density at radius 2 is 1.90 bits per heavy atom. The van der Waals surface area contributed by atoms with Crippen molar-refractivity contribution in [2.24, 2.45) is 10.9 Å². The van der Waals surface area contributed by atoms with Gasteiger partial charge in [0.15, 0.2) is 5.96 Å². The summed E-state index contributed by atoms with van der Waals surface area (Å²) < 4.78 is 51.4. The highest BCUT2D eigenvalue weighted by Crippen LogP contribution is 2.41. The predicted molar refractivity (Wildman–Crippen MR) is 122 cm³/mol. The molecular weight excluding hydrogens is 511 g/mol. The van der Waals surface area contributed by atoms with Gasteiger partial charge < -0.3 is 10.6 Å². The number of alkyl halides is 3. The highest BCUT2D eigenvalue weighted by atomic mass is 127. The zero-order valence-corrected chi connectivity index (χ0v) is 19.6. The van der Waals surface area contributed by atoms with Crippen LogP contribution in [0.25, 0.3) is 0 Å². The van der Waals surface area contributed by atoms with Gasteiger partial charge in [0.05, 0.1) is 6.54 Å². The Morgan fingerprint density at radius 3 is 2.53 bits per heavy atom. The number of benzene rings is 1. The molecule has 2 fully saturated rings. The van der Waals surface area contributed by atoms with Crippen LogP contribution in [0.15, 0.2) is 29.3 Å². The Kier molecular flexibility index (Phi) is 9.65. The minimum atomic E-state index is -4.12. The first-order chi connectivity index (χ1) is 13.9. The largest absolute Gasteiger partial charge is 0.401 e. The number of aliphatic imine (C=N–C) groups is 1. The third kappa shape index (κ3) is 7.86. The molecule has 2 N–H and O–H groups in total. The van der Waals surface area contributed by atoms with Crippen molar-refractivity contribution in [1.82, 2.24) is 15.5 Å². The van der Waals surface area contributed by atoms with Crippen LogP contribution in [0.4, 0.5) is 17.6 Å². The standard InChI is InChI=1S/C21H30F4N4.HI/c1-2-26-20(28-19-13-17(19)16-5-3-4-6-18(16)22)27-10-7-15-8-11-29(12-9-15)14-21(23,24)25;/h3-6,15,17,19H,2,7-14H2,1H3,(H2,26,27,28);1H. The van der Waals surface area contributed by atoms with E-state index in [1.807, 2.05) is 19.1 Å². The van der Waals surface area contributed by atoms with Crippen molar-refractivity contribution in [3.8, 4) is 0 Å². The number of guanidine groups is 1. The lowest BCUT2D eigenvalue weighted by atomic mass is 9.93. The van der Waals surface area contributed by atoms with E-state index in [1.54, 1.807) is 6.07 Å². The van der Waals surface area contributed by atoms with Gasteiger partial charge in [-0.2, -0.15) is 13.2 Å². The third-order valence-electron chi connectivity index (χ3n) is 5.68. The lowest BCUT2D eigenvalue weighted by Crippen LogP contribution is -2.40. The topological polar surface area (TPSA) is 39.7 Å². The Balaban J connectivity index is 0.00000320. The summed E-state index contributed by atoms with van der Waals surface area (Å²) in [5.41, 5.74) is 0.742. The Bertz CT molecular complexity index is 690. The van der Waals surface area contributed by atoms with E-state index < -0.39 is 12.7 Å². The highest BCUT2D eigenvalue weighted by Gasteiger charge is 2.40. The summed E-state index contributed by atoms with van der Waals surface area (Å²) in [5.74, 6) is 1.14. The maximum absolute atomic E-state index is 13.9. The monoisotopic (exact) mass is 542 g/mol. The number of piperidine rings is 1. The van der Waals surface area contributed by atoms with Crippen LogP contribution in [0.1, 0.15) is 44.1 Å². The van der Waals surface area contributed by atoms with Gasteiger partial charge in [-0.05, 0) is 63.2 Å². The van der Waals surface area contributed by atoms with E-state index in [0.29, 0.717) is 25.6 Å². The quantitative estimate of drug-likeness (QED) is 0.231. The van der Waals surface area contributed by atoms with Gasteiger partial charge in [0.25, 0.3) is 0 Å². The van der Waals surface area contributed by atoms with Crippen molar-refractivity contribution in [2.45, 2.75) is 50.7 Å². The fraction of sp³-hybridized carbons (Fsp3) is 0.667. The molecule has 2 unspecified atom stereocenters. The maximum Gasteiger partial charge on any atom is 0.401 e. The van der Waals surface area contributed by atoms with Crippen molar-refractivity contribution in [1.29, 1.82) is 0 Å². The van der Waals surface area contributed by atoms with Crippen molar-refractivity contribution in [3.05, 3.63) is 35.6 Å². The molecule has 9 heteroatoms. The molecule has 1 saturated carbocycles. The third-order valence-corrected chi connectivity index (χ3v) is 5.68. The number of nitrogens with one attached hydrogen (secondary N) is 2. The van der Waals surface area contributed by atoms with E-state index in [2.05, 4.69) is 15.6 Å². The molecule has 1 heterocycles. The Labute approximate surface area is 192 Å². The molecule has 170 valence electrons. The zero-order valence-electron chi connectivity index (χ0n) is 17.2. The molecule has 2 aliphatic rings. The van der Waals surface area contributed by atoms with Gasteiger partial charge in [-0.3, -0.25) is 9.89 Å². The van der Waals surface area contributed by atoms with Crippen molar-refractivity contribution >= 4 is 29.9 Å². The molecule has 1 aromatic rings. The lowest BCUT2D eigenvalue weighted by molar-refractivity contribution is -0.148. The summed E-state index contributed by atoms with van der Waals surface area (Å²) in [6.07, 6.45) is -0.797. The molecule has 0 bridgehead atoms. The second kappa shape index (κ2) is 11.5. The fourth-order valence-electron chi connectivity index (χ4n) is 4.02. The maximum atomic E-state index is 13.9. The van der Waals surface area contributed by atoms with Gasteiger partial charge in [-0.15, -0.1) is 24.0 Å². The van der Waals surface area contributed by atoms with Crippen LogP contribution in [0.5, 0.6) is 0 Å². The van der Waals surface area contributed by atoms with Crippen LogP contribution in [-0.2, 0) is 0 Å². The molecule has 0 aromatic heterocycles. The number of hydrogen-bond donors (Lipinski definition) is 2. The number of rotatable bonds is 7. The lowest BCUT2D eigenvalue weighted by Gasteiger charge is -2.32. The van der Waals surface area contributed by atoms with Crippen LogP contribution in [0.3, 0.4) is 0 Å². The van der Waals surface area contributed by atoms with E-state index >= 15 is 0 Å². The molecule has 2 atom stereocenters. The smallest absolute Gasteiger partial charge is 0.357 e. The number of likely N-dealkylation sites (tertiary alicyclic amines) is 1. The van der Waals surface area contributed by atoms with E-state index in [9.17, 15) is 17.6 Å². The first-order valence-electron chi connectivity index (χ1n) is 10.4. The van der Waals surface area contributed by atoms with E-state index in [0.717, 1.165) is 43.8 Å². The van der Waals surface area contributed by atoms with Crippen molar-refractivity contribution in [3.63, 3.8) is 0 Å². The minimum Gasteiger partial charge on any atom is -0.357 e. The van der Waals surface area contributed by atoms with Crippen LogP contribution in [-0.4, -0.2) is 55.8 Å². The molecular formula is C21H31F4IN4. The first-order valence-corrected chi connectivity index (χ1v) is 10.4. The van der Waals surface area contributed by atoms with Gasteiger partial charge in [0.2, 0.25) is 0 Å². The Hall–Kier alpha value is -1.10. The molecule has 0 radical (unpaired) electrons. The van der Waals surface area contributed by atoms with Gasteiger partial charge in [0, 0.05) is 25.0 Å². The molecule has 1 saturated heterocycles. The molecule has 30 heavy (non-hydrogen) atoms. The van der Waals surface area contributed by atoms with E-state index in [-0.39, 0.29) is 41.8 Å². The summed E-state index contributed by atoms with van der Waals surface area (Å²) in [4.78, 5) is 6.11. The van der Waals surface area contributed by atoms with Crippen molar-refractivity contribution < 1.29 is 17.6 Å². The summed E-state index contributed by atoms with van der Waals surface area (Å²) in [5, 5.41) is 6.60. The van der Waals surface area contributed by atoms with Gasteiger partial charge in [-0.1, -0.05) is 18.2 Å². The van der Waals surface area contributed by atoms with Crippen LogP contribution < -0.4 is 10.6 Å². The fourth-order valence-corrected chi connectivity index (χ4v) is 4.02. The summed E-state index contributed by atoms with van der Waals surface area (Å²) in [6.45, 7) is 3.55. The summed E-state index contributed by atoms with van der Waals surface area (Å²) in [7, 11) is 0. The molecule has 1 aliphatic heterocycles. The predicted octanol–water partition coefficient (Wildman–Crippen LogP) is 4.52. The minimum absolute atomic E-state index is 0. The number of hydrogen-bond acceptors (Lipinski definition) is 2. The number of halogens is 5. The molecule has 1 aliphatic carbocycles. The van der Waals surface area contributed by atoms with Gasteiger partial charge in [-0.25, -0.2) is 4.39 Å². The molecule has 0 spiro atoms. The molecule has 3 rings (SSSR count). The van der Waals surface area contributed by atoms with E-state index in [1.165, 1.54) is 11.0 Å². The molecule has 4 nitrogen and oxygen atoms in total. The molecule has 0 amide bonds. The Morgan fingerprint density at radius 1 is 1.20 bits per heavy atom. The van der Waals surface area contributed by atoms with Gasteiger partial charge >= 0.3 is 6.18 Å². The second-order valence-corrected chi connectivity index (χ2v) is 8.00. The van der Waals surface area contributed by atoms with Crippen LogP contribution >= 0.6 is 24.0 Å². The van der Waals surface area contributed by atoms with Crippen LogP contribution in [0, 0.1) is 11.7 Å². The molecule has 1 aromatic carbocycles. The zero-order chi connectivity index (χ0) is 20.9. The second-order valence-electron chi connectivity index (χ2n) is 8.00. The SMILES string of the molecule is CCNC(=NCCC1CCN(CC(F)(F)F)CC1)NC1CC1c1ccccc1F.I. The average molecular weight is 542 g/mol. The number of nitrogens with zero attached hydrogens (tertiary/aromatic N) is 2. The highest BCUT2D eigenvalue weighted by molar-refractivity contribution is 14.0.